The van der Waals surface area contributed by atoms with Crippen LogP contribution in [0.5, 0.6) is 0 Å². The molecule has 145 heavy (non-hydrogen) atoms. The third kappa shape index (κ3) is 38.8. The molecular weight excluding hydrogens is 2010 g/mol. The molecule has 3 aromatic heterocycles. The summed E-state index contributed by atoms with van der Waals surface area (Å²) in [5.41, 5.74) is 13.1. The Bertz CT molecular complexity index is 6470. The van der Waals surface area contributed by atoms with E-state index in [4.69, 9.17) is 68.5 Å². The van der Waals surface area contributed by atoms with Crippen LogP contribution >= 0.6 is 34.8 Å². The SMILES string of the molecule is CCN(CC)c1ccc(NC(=O)OC(CC#N)c2ccc(Cl)cc2)c(C)c1.CCN(CC)c1ccc(NC(=O)OCCS(=O)(=O)c2ccc(Cl)cn2)c(C)c1.CCN(CC)c1ccc(NC(=O)OCCS(=O)(=O)c2ccc([N+](=O)[O-])cn2)c(C)c1.CCN(CC)c1ccc(NC(=O)OCCS(=O)(=O)c2ccccn2)c(C)c1.CCOC(=O)C(CS(=O)(=O)c1ccc(Cl)cc1)OC(=O)Nc1ccc(N(CC)CC)cc1C. The summed E-state index contributed by atoms with van der Waals surface area (Å²) < 4.78 is 129. The first kappa shape index (κ1) is 120. The standard InChI is InChI=1S/C23H29ClN2O6S.C21H24ClN3O2.C19H24ClN3O4S.C19H24N4O6S.C19H25N3O4S/c1-5-26(6-2)18-10-13-20(16(4)14-18)25-23(28)32-21(22(27)31-7-3)15-33(29,30)19-11-8-17(24)9-12-19;1-4-25(5-2)18-10-11-19(15(3)14-18)24-21(26)27-20(12-13-23)16-6-8-17(22)9-7-16;1-4-23(5-2)16-7-8-17(14(3)12-16)22-19(24)27-10-11-28(25,26)18-9-6-15(20)13-21-18;1-4-22(5-2)15-6-8-17(14(3)12-15)21-19(24)29-10-11-30(27,28)18-9-7-16(13-20-18)23(25)26;1-4-22(5-2)16-9-10-17(15(3)14-16)21-19(23)26-12-13-27(24,25)18-8-6-7-11-20-18/h8-14,21H,5-7,15H2,1-4H3,(H,25,28);6-11,14,20H,4-5,12H2,1-3H3,(H,24,26);6-9,12-13H,4-5,10-11H2,1-3H3,(H,22,24);6-9,12-13H,4-5,10-11H2,1-3H3,(H,21,24);6-11,14H,4-5,12-13H2,1-3H3,(H,21,23). The lowest BCUT2D eigenvalue weighted by Crippen LogP contribution is -2.37. The summed E-state index contributed by atoms with van der Waals surface area (Å²) in [5.74, 6) is -2.89. The van der Waals surface area contributed by atoms with E-state index in [1.165, 1.54) is 54.9 Å². The Morgan fingerprint density at radius 3 is 0.993 bits per heavy atom. The highest BCUT2D eigenvalue weighted by Crippen LogP contribution is 2.32. The Kier molecular flexibility index (Phi) is 49.3. The van der Waals surface area contributed by atoms with E-state index in [0.717, 1.165) is 146 Å². The number of pyridine rings is 3. The van der Waals surface area contributed by atoms with Crippen LogP contribution < -0.4 is 51.1 Å². The fourth-order valence-electron chi connectivity index (χ4n) is 13.9. The smallest absolute Gasteiger partial charge is 0.412 e. The first-order valence-electron chi connectivity index (χ1n) is 46.5. The molecule has 0 aliphatic heterocycles. The zero-order valence-electron chi connectivity index (χ0n) is 83.9. The number of amides is 5. The minimum absolute atomic E-state index is 0.00717. The maximum absolute atomic E-state index is 12.7. The number of benzene rings is 7. The zero-order valence-corrected chi connectivity index (χ0v) is 89.4. The van der Waals surface area contributed by atoms with Gasteiger partial charge in [0.2, 0.25) is 6.10 Å². The van der Waals surface area contributed by atoms with E-state index < -0.39 is 104 Å². The van der Waals surface area contributed by atoms with Gasteiger partial charge in [0.05, 0.1) is 51.2 Å². The van der Waals surface area contributed by atoms with E-state index in [0.29, 0.717) is 43.5 Å². The van der Waals surface area contributed by atoms with Crippen LogP contribution in [0.3, 0.4) is 0 Å². The van der Waals surface area contributed by atoms with Gasteiger partial charge in [-0.25, -0.2) is 77.4 Å². The summed E-state index contributed by atoms with van der Waals surface area (Å²) in [5, 5.41) is 33.7. The number of hydrogen-bond acceptors (Lipinski definition) is 31. The van der Waals surface area contributed by atoms with Crippen LogP contribution in [0.1, 0.15) is 122 Å². The summed E-state index contributed by atoms with van der Waals surface area (Å²) in [6, 6.07) is 52.4. The fraction of sp³-hybridized carbons (Fsp3) is 0.366. The minimum Gasteiger partial charge on any atom is -0.463 e. The molecule has 0 saturated heterocycles. The van der Waals surface area contributed by atoms with Crippen molar-refractivity contribution in [2.45, 2.75) is 149 Å². The molecule has 0 aliphatic rings. The van der Waals surface area contributed by atoms with Gasteiger partial charge in [-0.05, 0) is 302 Å². The summed E-state index contributed by atoms with van der Waals surface area (Å²) in [6.45, 7) is 39.7. The van der Waals surface area contributed by atoms with E-state index in [9.17, 15) is 72.6 Å². The van der Waals surface area contributed by atoms with Gasteiger partial charge in [-0.2, -0.15) is 5.26 Å². The number of nitro groups is 1. The second kappa shape index (κ2) is 59.6. The van der Waals surface area contributed by atoms with Gasteiger partial charge in [0.25, 0.3) is 5.69 Å². The third-order valence-corrected chi connectivity index (χ3v) is 29.2. The molecule has 44 heteroatoms. The van der Waals surface area contributed by atoms with E-state index in [2.05, 4.69) is 141 Å². The largest absolute Gasteiger partial charge is 0.463 e. The van der Waals surface area contributed by atoms with Crippen molar-refractivity contribution in [2.24, 2.45) is 0 Å². The molecule has 0 aliphatic carbocycles. The van der Waals surface area contributed by atoms with Crippen molar-refractivity contribution in [1.29, 1.82) is 5.26 Å². The van der Waals surface area contributed by atoms with E-state index in [-0.39, 0.29) is 70.0 Å². The normalized spacial score (nSPS) is 11.4. The quantitative estimate of drug-likeness (QED) is 0.0103. The highest BCUT2D eigenvalue weighted by molar-refractivity contribution is 7.92. The summed E-state index contributed by atoms with van der Waals surface area (Å²) in [6.07, 6.45) is -2.42. The molecule has 0 spiro atoms. The number of hydrogen-bond donors (Lipinski definition) is 5. The molecule has 10 rings (SSSR count). The molecule has 0 saturated carbocycles. The van der Waals surface area contributed by atoms with Crippen LogP contribution in [0, 0.1) is 56.1 Å². The number of nitrogens with one attached hydrogen (secondary N) is 5. The van der Waals surface area contributed by atoms with Crippen molar-refractivity contribution in [2.75, 3.05) is 166 Å². The number of esters is 1. The highest BCUT2D eigenvalue weighted by Gasteiger charge is 2.33. The number of carbonyl (C=O) groups is 6. The number of nitrogens with zero attached hydrogens (tertiary/aromatic N) is 10. The molecule has 7 aromatic carbocycles. The predicted octanol–water partition coefficient (Wildman–Crippen LogP) is 20.5. The van der Waals surface area contributed by atoms with Gasteiger partial charge in [-0.1, -0.05) is 53.0 Å². The van der Waals surface area contributed by atoms with Gasteiger partial charge in [0, 0.05) is 151 Å². The van der Waals surface area contributed by atoms with Crippen molar-refractivity contribution < 1.29 is 95.8 Å². The van der Waals surface area contributed by atoms with Crippen LogP contribution in [-0.2, 0) is 72.6 Å². The first-order chi connectivity index (χ1) is 68.9. The van der Waals surface area contributed by atoms with Crippen LogP contribution in [0.15, 0.2) is 221 Å². The van der Waals surface area contributed by atoms with Gasteiger partial charge >= 0.3 is 36.4 Å². The van der Waals surface area contributed by atoms with E-state index in [1.54, 1.807) is 61.5 Å². The third-order valence-electron chi connectivity index (χ3n) is 22.0. The van der Waals surface area contributed by atoms with Crippen molar-refractivity contribution in [3.8, 4) is 6.07 Å². The lowest BCUT2D eigenvalue weighted by molar-refractivity contribution is -0.385. The Hall–Kier alpha value is -13.6. The lowest BCUT2D eigenvalue weighted by Gasteiger charge is -2.22. The van der Waals surface area contributed by atoms with E-state index in [1.807, 2.05) is 107 Å². The molecule has 37 nitrogen and oxygen atoms in total. The molecule has 782 valence electrons. The number of nitriles is 1. The van der Waals surface area contributed by atoms with Crippen LogP contribution in [0.25, 0.3) is 0 Å². The summed E-state index contributed by atoms with van der Waals surface area (Å²) >= 11 is 17.4. The van der Waals surface area contributed by atoms with Gasteiger partial charge < -0.3 is 52.9 Å². The van der Waals surface area contributed by atoms with Crippen LogP contribution in [-0.4, -0.2) is 211 Å². The number of rotatable bonds is 42. The monoisotopic (exact) mass is 2130 g/mol. The van der Waals surface area contributed by atoms with Gasteiger partial charge in [0.1, 0.15) is 37.9 Å². The molecule has 5 amide bonds. The Morgan fingerprint density at radius 1 is 0.386 bits per heavy atom. The van der Waals surface area contributed by atoms with Crippen molar-refractivity contribution in [3.63, 3.8) is 0 Å². The van der Waals surface area contributed by atoms with Crippen molar-refractivity contribution >= 4 is 173 Å². The molecule has 3 heterocycles. The molecular formula is C101H126Cl3N15O22S4. The first-order valence-corrected chi connectivity index (χ1v) is 54.3. The average Bonchev–Trinajstić information content (AvgIpc) is 0.808. The zero-order chi connectivity index (χ0) is 107. The Morgan fingerprint density at radius 2 is 0.703 bits per heavy atom. The molecule has 0 bridgehead atoms. The molecule has 2 atom stereocenters. The number of halogens is 3. The van der Waals surface area contributed by atoms with Gasteiger partial charge in [-0.15, -0.1) is 0 Å². The lowest BCUT2D eigenvalue weighted by atomic mass is 10.1. The highest BCUT2D eigenvalue weighted by atomic mass is 35.5. The molecule has 10 aromatic rings. The van der Waals surface area contributed by atoms with Gasteiger partial charge in [0.15, 0.2) is 54.4 Å². The van der Waals surface area contributed by atoms with Gasteiger partial charge in [-0.3, -0.25) is 36.7 Å². The Labute approximate surface area is 863 Å². The summed E-state index contributed by atoms with van der Waals surface area (Å²) in [7, 11) is -15.0. The number of ether oxygens (including phenoxy) is 6. The van der Waals surface area contributed by atoms with Crippen molar-refractivity contribution in [3.05, 3.63) is 259 Å². The number of aromatic nitrogens is 3. The number of sulfone groups is 4. The molecule has 2 unspecified atom stereocenters. The Balaban J connectivity index is 0.000000278. The summed E-state index contributed by atoms with van der Waals surface area (Å²) in [4.78, 5) is 105. The maximum atomic E-state index is 12.7. The predicted molar refractivity (Wildman–Crippen MR) is 568 cm³/mol. The number of carbonyl (C=O) groups excluding carboxylic acids is 6. The second-order valence-corrected chi connectivity index (χ2v) is 41.1. The topological polar surface area (TPSA) is 476 Å². The second-order valence-electron chi connectivity index (χ2n) is 31.6. The minimum atomic E-state index is -3.96. The fourth-order valence-corrected chi connectivity index (χ4v) is 18.7. The average molecular weight is 2140 g/mol. The van der Waals surface area contributed by atoms with Crippen molar-refractivity contribution in [1.82, 2.24) is 15.0 Å². The number of anilines is 10. The van der Waals surface area contributed by atoms with Crippen LogP contribution in [0.2, 0.25) is 15.1 Å². The molecule has 0 radical (unpaired) electrons. The maximum Gasteiger partial charge on any atom is 0.412 e. The van der Waals surface area contributed by atoms with Crippen LogP contribution in [0.4, 0.5) is 86.5 Å². The molecule has 0 fully saturated rings. The number of aryl methyl sites for hydroxylation is 5. The molecule has 5 N–H and O–H groups in total. The van der Waals surface area contributed by atoms with E-state index >= 15 is 0 Å².